The molecule has 3 rings (SSSR count). The lowest BCUT2D eigenvalue weighted by atomic mass is 10.1. The maximum Gasteiger partial charge on any atom is 0.349 e. The van der Waals surface area contributed by atoms with Gasteiger partial charge in [-0.25, -0.2) is 9.78 Å². The number of rotatable bonds is 2. The molecule has 0 bridgehead atoms. The summed E-state index contributed by atoms with van der Waals surface area (Å²) < 4.78 is 5.11. The summed E-state index contributed by atoms with van der Waals surface area (Å²) in [7, 11) is 0. The summed E-state index contributed by atoms with van der Waals surface area (Å²) in [5.41, 5.74) is 5.72. The zero-order valence-electron chi connectivity index (χ0n) is 11.7. The smallest absolute Gasteiger partial charge is 0.349 e. The van der Waals surface area contributed by atoms with Crippen molar-refractivity contribution >= 4 is 28.4 Å². The second kappa shape index (κ2) is 5.61. The van der Waals surface area contributed by atoms with Crippen molar-refractivity contribution in [2.45, 2.75) is 0 Å². The van der Waals surface area contributed by atoms with E-state index in [1.165, 1.54) is 18.2 Å². The number of fused-ring (bicyclic) bond motifs is 1. The average molecular weight is 306 g/mol. The first-order chi connectivity index (χ1) is 11.1. The van der Waals surface area contributed by atoms with E-state index < -0.39 is 11.5 Å². The van der Waals surface area contributed by atoms with Crippen LogP contribution in [0, 0.1) is 11.3 Å². The van der Waals surface area contributed by atoms with Gasteiger partial charge in [-0.05, 0) is 36.4 Å². The van der Waals surface area contributed by atoms with Crippen LogP contribution in [0.3, 0.4) is 0 Å². The second-order valence-electron chi connectivity index (χ2n) is 4.72. The predicted octanol–water partition coefficient (Wildman–Crippen LogP) is 1.89. The van der Waals surface area contributed by atoms with Crippen molar-refractivity contribution in [3.05, 3.63) is 64.1 Å². The van der Waals surface area contributed by atoms with Crippen molar-refractivity contribution in [3.8, 4) is 6.07 Å². The van der Waals surface area contributed by atoms with Gasteiger partial charge in [-0.15, -0.1) is 0 Å². The Morgan fingerprint density at radius 1 is 1.26 bits per heavy atom. The Balaban J connectivity index is 1.98. The summed E-state index contributed by atoms with van der Waals surface area (Å²) in [5, 5.41) is 11.8. The van der Waals surface area contributed by atoms with Crippen molar-refractivity contribution in [1.29, 1.82) is 5.26 Å². The molecule has 3 N–H and O–H groups in total. The Bertz CT molecular complexity index is 1020. The molecule has 0 fully saturated rings. The summed E-state index contributed by atoms with van der Waals surface area (Å²) in [5.74, 6) is -0.508. The van der Waals surface area contributed by atoms with Gasteiger partial charge in [-0.3, -0.25) is 4.79 Å². The van der Waals surface area contributed by atoms with E-state index in [9.17, 15) is 9.59 Å². The summed E-state index contributed by atoms with van der Waals surface area (Å²) >= 11 is 0. The van der Waals surface area contributed by atoms with Gasteiger partial charge in [-0.2, -0.15) is 5.26 Å². The first-order valence-electron chi connectivity index (χ1n) is 6.59. The van der Waals surface area contributed by atoms with E-state index in [4.69, 9.17) is 15.4 Å². The summed E-state index contributed by atoms with van der Waals surface area (Å²) in [6, 6.07) is 12.6. The third kappa shape index (κ3) is 2.87. The SMILES string of the molecule is N#Cc1cccc(NC(=O)c2cc3cc(N)ccc3oc2=O)n1. The van der Waals surface area contributed by atoms with Crippen LogP contribution in [0.25, 0.3) is 11.0 Å². The van der Waals surface area contributed by atoms with Crippen molar-refractivity contribution in [2.24, 2.45) is 0 Å². The minimum atomic E-state index is -0.767. The van der Waals surface area contributed by atoms with Crippen LogP contribution in [0.1, 0.15) is 16.1 Å². The Morgan fingerprint density at radius 2 is 2.09 bits per heavy atom. The Kier molecular flexibility index (Phi) is 3.49. The number of hydrogen-bond acceptors (Lipinski definition) is 6. The monoisotopic (exact) mass is 306 g/mol. The van der Waals surface area contributed by atoms with Gasteiger partial charge in [0.1, 0.15) is 28.7 Å². The number of nitrogens with two attached hydrogens (primary N) is 1. The standard InChI is InChI=1S/C16H10N4O3/c17-8-11-2-1-3-14(19-11)20-15(21)12-7-9-6-10(18)4-5-13(9)23-16(12)22/h1-7H,18H2,(H,19,20,21). The third-order valence-electron chi connectivity index (χ3n) is 3.11. The van der Waals surface area contributed by atoms with Crippen LogP contribution < -0.4 is 16.7 Å². The molecule has 0 aliphatic rings. The highest BCUT2D eigenvalue weighted by molar-refractivity contribution is 6.05. The number of anilines is 2. The molecule has 7 heteroatoms. The highest BCUT2D eigenvalue weighted by atomic mass is 16.4. The van der Waals surface area contributed by atoms with Gasteiger partial charge in [0.05, 0.1) is 0 Å². The van der Waals surface area contributed by atoms with Crippen molar-refractivity contribution in [1.82, 2.24) is 4.98 Å². The van der Waals surface area contributed by atoms with Crippen LogP contribution in [-0.2, 0) is 0 Å². The van der Waals surface area contributed by atoms with E-state index in [1.807, 2.05) is 6.07 Å². The van der Waals surface area contributed by atoms with Gasteiger partial charge in [0.2, 0.25) is 0 Å². The van der Waals surface area contributed by atoms with E-state index >= 15 is 0 Å². The van der Waals surface area contributed by atoms with Gasteiger partial charge in [0, 0.05) is 11.1 Å². The van der Waals surface area contributed by atoms with Crippen LogP contribution in [0.2, 0.25) is 0 Å². The molecule has 0 atom stereocenters. The third-order valence-corrected chi connectivity index (χ3v) is 3.11. The number of nitrogens with zero attached hydrogens (tertiary/aromatic N) is 2. The number of carbonyl (C=O) groups is 1. The molecule has 1 amide bonds. The molecule has 112 valence electrons. The van der Waals surface area contributed by atoms with Crippen LogP contribution in [0.15, 0.2) is 51.7 Å². The largest absolute Gasteiger partial charge is 0.422 e. The number of pyridine rings is 1. The quantitative estimate of drug-likeness (QED) is 0.550. The number of aromatic nitrogens is 1. The molecule has 7 nitrogen and oxygen atoms in total. The second-order valence-corrected chi connectivity index (χ2v) is 4.72. The Morgan fingerprint density at radius 3 is 2.87 bits per heavy atom. The first kappa shape index (κ1) is 14.3. The summed E-state index contributed by atoms with van der Waals surface area (Å²) in [6.45, 7) is 0. The van der Waals surface area contributed by atoms with Gasteiger partial charge in [0.15, 0.2) is 0 Å². The molecule has 0 aliphatic heterocycles. The average Bonchev–Trinajstić information content (AvgIpc) is 2.54. The van der Waals surface area contributed by atoms with E-state index in [0.717, 1.165) is 0 Å². The van der Waals surface area contributed by atoms with E-state index in [2.05, 4.69) is 10.3 Å². The number of amides is 1. The number of hydrogen-bond donors (Lipinski definition) is 2. The predicted molar refractivity (Wildman–Crippen MR) is 83.8 cm³/mol. The zero-order valence-corrected chi connectivity index (χ0v) is 11.7. The molecule has 0 radical (unpaired) electrons. The fourth-order valence-corrected chi connectivity index (χ4v) is 2.05. The van der Waals surface area contributed by atoms with Gasteiger partial charge < -0.3 is 15.5 Å². The van der Waals surface area contributed by atoms with Gasteiger partial charge in [-0.1, -0.05) is 6.07 Å². The van der Waals surface area contributed by atoms with Gasteiger partial charge in [0.25, 0.3) is 5.91 Å². The molecule has 0 saturated carbocycles. The Hall–Kier alpha value is -3.66. The molecule has 0 unspecified atom stereocenters. The Labute approximate surface area is 130 Å². The first-order valence-corrected chi connectivity index (χ1v) is 6.59. The van der Waals surface area contributed by atoms with Crippen LogP contribution in [0.5, 0.6) is 0 Å². The lowest BCUT2D eigenvalue weighted by Crippen LogP contribution is -2.21. The lowest BCUT2D eigenvalue weighted by molar-refractivity contribution is 0.102. The van der Waals surface area contributed by atoms with Crippen molar-refractivity contribution in [2.75, 3.05) is 11.1 Å². The molecular formula is C16H10N4O3. The minimum Gasteiger partial charge on any atom is -0.422 e. The highest BCUT2D eigenvalue weighted by Crippen LogP contribution is 2.17. The number of nitriles is 1. The van der Waals surface area contributed by atoms with E-state index in [-0.39, 0.29) is 17.1 Å². The number of nitrogens with one attached hydrogen (secondary N) is 1. The number of benzene rings is 1. The van der Waals surface area contributed by atoms with Crippen molar-refractivity contribution < 1.29 is 9.21 Å². The molecule has 0 saturated heterocycles. The molecule has 1 aromatic carbocycles. The molecule has 3 aromatic rings. The van der Waals surface area contributed by atoms with E-state index in [0.29, 0.717) is 16.7 Å². The zero-order chi connectivity index (χ0) is 16.4. The van der Waals surface area contributed by atoms with Crippen molar-refractivity contribution in [3.63, 3.8) is 0 Å². The molecule has 0 aliphatic carbocycles. The molecule has 23 heavy (non-hydrogen) atoms. The maximum absolute atomic E-state index is 12.2. The summed E-state index contributed by atoms with van der Waals surface area (Å²) in [6.07, 6.45) is 0. The number of nitrogen functional groups attached to an aromatic ring is 1. The normalized spacial score (nSPS) is 10.2. The fourth-order valence-electron chi connectivity index (χ4n) is 2.05. The molecule has 2 aromatic heterocycles. The maximum atomic E-state index is 12.2. The molecule has 0 spiro atoms. The fraction of sp³-hybridized carbons (Fsp3) is 0. The van der Waals surface area contributed by atoms with Gasteiger partial charge >= 0.3 is 5.63 Å². The molecular weight excluding hydrogens is 296 g/mol. The topological polar surface area (TPSA) is 122 Å². The van der Waals surface area contributed by atoms with Crippen LogP contribution in [-0.4, -0.2) is 10.9 Å². The van der Waals surface area contributed by atoms with Crippen LogP contribution in [0.4, 0.5) is 11.5 Å². The van der Waals surface area contributed by atoms with E-state index in [1.54, 1.807) is 24.3 Å². The highest BCUT2D eigenvalue weighted by Gasteiger charge is 2.14. The number of carbonyl (C=O) groups excluding carboxylic acids is 1. The lowest BCUT2D eigenvalue weighted by Gasteiger charge is -2.05. The molecule has 2 heterocycles. The minimum absolute atomic E-state index is 0.154. The van der Waals surface area contributed by atoms with Crippen LogP contribution >= 0.6 is 0 Å². The summed E-state index contributed by atoms with van der Waals surface area (Å²) in [4.78, 5) is 28.1.